The van der Waals surface area contributed by atoms with Crippen molar-refractivity contribution in [2.45, 2.75) is 32.9 Å². The van der Waals surface area contributed by atoms with E-state index >= 15 is 0 Å². The lowest BCUT2D eigenvalue weighted by Gasteiger charge is -2.18. The largest absolute Gasteiger partial charge is 0.493 e. The van der Waals surface area contributed by atoms with E-state index in [4.69, 9.17) is 9.47 Å². The van der Waals surface area contributed by atoms with E-state index in [1.165, 1.54) is 0 Å². The number of aliphatic hydroxyl groups is 1. The van der Waals surface area contributed by atoms with Crippen molar-refractivity contribution in [1.29, 1.82) is 0 Å². The first-order chi connectivity index (χ1) is 9.53. The van der Waals surface area contributed by atoms with Gasteiger partial charge in [-0.15, -0.1) is 0 Å². The van der Waals surface area contributed by atoms with Crippen molar-refractivity contribution in [1.82, 2.24) is 5.32 Å². The molecule has 0 aliphatic carbocycles. The second-order valence-electron chi connectivity index (χ2n) is 4.88. The predicted octanol–water partition coefficient (Wildman–Crippen LogP) is 2.96. The fraction of sp³-hybridized carbons (Fsp3) is 0.600. The van der Waals surface area contributed by atoms with Crippen LogP contribution in [0.15, 0.2) is 16.6 Å². The first-order valence-corrected chi connectivity index (χ1v) is 7.61. The third-order valence-electron chi connectivity index (χ3n) is 3.52. The summed E-state index contributed by atoms with van der Waals surface area (Å²) in [5.41, 5.74) is 1.07. The van der Waals surface area contributed by atoms with Crippen LogP contribution in [0, 0.1) is 5.92 Å². The zero-order chi connectivity index (χ0) is 15.1. The minimum absolute atomic E-state index is 0.302. The Kier molecular flexibility index (Phi) is 7.34. The maximum absolute atomic E-state index is 9.93. The summed E-state index contributed by atoms with van der Waals surface area (Å²) in [5, 5.41) is 13.2. The van der Waals surface area contributed by atoms with E-state index in [0.717, 1.165) is 16.5 Å². The number of nitrogens with one attached hydrogen (secondary N) is 1. The Morgan fingerprint density at radius 3 is 2.40 bits per heavy atom. The number of aliphatic hydroxyl groups excluding tert-OH is 1. The quantitative estimate of drug-likeness (QED) is 0.760. The zero-order valence-electron chi connectivity index (χ0n) is 12.6. The highest BCUT2D eigenvalue weighted by Gasteiger charge is 2.13. The molecule has 0 fully saturated rings. The van der Waals surface area contributed by atoms with Gasteiger partial charge in [-0.2, -0.15) is 0 Å². The molecule has 0 spiro atoms. The molecule has 2 atom stereocenters. The molecular formula is C15H24BrNO3. The third-order valence-corrected chi connectivity index (χ3v) is 4.26. The van der Waals surface area contributed by atoms with Gasteiger partial charge in [0.2, 0.25) is 0 Å². The van der Waals surface area contributed by atoms with Crippen LogP contribution >= 0.6 is 15.9 Å². The van der Waals surface area contributed by atoms with Crippen molar-refractivity contribution in [3.05, 3.63) is 22.2 Å². The number of methoxy groups -OCH3 is 2. The van der Waals surface area contributed by atoms with Gasteiger partial charge in [-0.05, 0) is 23.6 Å². The Morgan fingerprint density at radius 1 is 1.25 bits per heavy atom. The van der Waals surface area contributed by atoms with Crippen LogP contribution in [-0.2, 0) is 6.54 Å². The highest BCUT2D eigenvalue weighted by atomic mass is 79.9. The van der Waals surface area contributed by atoms with Gasteiger partial charge >= 0.3 is 0 Å². The van der Waals surface area contributed by atoms with Crippen LogP contribution in [0.1, 0.15) is 25.8 Å². The third kappa shape index (κ3) is 4.65. The van der Waals surface area contributed by atoms with Gasteiger partial charge in [0.15, 0.2) is 11.5 Å². The van der Waals surface area contributed by atoms with Crippen LogP contribution in [0.5, 0.6) is 11.5 Å². The normalized spacial score (nSPS) is 13.9. The summed E-state index contributed by atoms with van der Waals surface area (Å²) in [6, 6.07) is 3.83. The van der Waals surface area contributed by atoms with Gasteiger partial charge in [0, 0.05) is 17.6 Å². The average Bonchev–Trinajstić information content (AvgIpc) is 2.47. The molecule has 0 aromatic heterocycles. The summed E-state index contributed by atoms with van der Waals surface area (Å²) in [6.07, 6.45) is 0.655. The van der Waals surface area contributed by atoms with Gasteiger partial charge in [0.05, 0.1) is 20.3 Å². The van der Waals surface area contributed by atoms with E-state index in [1.807, 2.05) is 12.1 Å². The van der Waals surface area contributed by atoms with Crippen molar-refractivity contribution in [3.63, 3.8) is 0 Å². The number of hydrogen-bond acceptors (Lipinski definition) is 4. The molecule has 5 heteroatoms. The number of hydrogen-bond donors (Lipinski definition) is 2. The van der Waals surface area contributed by atoms with Crippen LogP contribution in [0.4, 0.5) is 0 Å². The van der Waals surface area contributed by atoms with Crippen LogP contribution in [-0.4, -0.2) is 32.0 Å². The molecule has 0 heterocycles. The molecule has 1 aromatic rings. The summed E-state index contributed by atoms with van der Waals surface area (Å²) in [7, 11) is 3.24. The summed E-state index contributed by atoms with van der Waals surface area (Å²) < 4.78 is 11.5. The molecule has 0 saturated heterocycles. The highest BCUT2D eigenvalue weighted by Crippen LogP contribution is 2.33. The molecule has 1 rings (SSSR count). The van der Waals surface area contributed by atoms with Crippen molar-refractivity contribution in [2.75, 3.05) is 20.8 Å². The van der Waals surface area contributed by atoms with E-state index in [0.29, 0.717) is 30.5 Å². The standard InChI is InChI=1S/C15H24BrNO3/c1-5-10(2)13(18)9-17-8-11-6-14(19-3)15(20-4)7-12(11)16/h6-7,10,13,17-18H,5,8-9H2,1-4H3. The van der Waals surface area contributed by atoms with Crippen LogP contribution < -0.4 is 14.8 Å². The van der Waals surface area contributed by atoms with Gasteiger partial charge < -0.3 is 19.9 Å². The lowest BCUT2D eigenvalue weighted by Crippen LogP contribution is -2.31. The minimum Gasteiger partial charge on any atom is -0.493 e. The molecule has 0 amide bonds. The molecule has 20 heavy (non-hydrogen) atoms. The molecule has 2 N–H and O–H groups in total. The molecule has 0 saturated carbocycles. The Balaban J connectivity index is 2.64. The Hall–Kier alpha value is -0.780. The van der Waals surface area contributed by atoms with E-state index in [-0.39, 0.29) is 6.10 Å². The summed E-state index contributed by atoms with van der Waals surface area (Å²) in [6.45, 7) is 5.38. The molecule has 0 aliphatic rings. The van der Waals surface area contributed by atoms with Gasteiger partial charge in [0.1, 0.15) is 0 Å². The SMILES string of the molecule is CCC(C)C(O)CNCc1cc(OC)c(OC)cc1Br. The van der Waals surface area contributed by atoms with E-state index in [9.17, 15) is 5.11 Å². The van der Waals surface area contributed by atoms with Crippen molar-refractivity contribution in [3.8, 4) is 11.5 Å². The Labute approximate surface area is 129 Å². The smallest absolute Gasteiger partial charge is 0.161 e. The molecule has 0 aliphatic heterocycles. The Morgan fingerprint density at radius 2 is 1.85 bits per heavy atom. The second kappa shape index (κ2) is 8.49. The van der Waals surface area contributed by atoms with Gasteiger partial charge in [-0.25, -0.2) is 0 Å². The summed E-state index contributed by atoms with van der Waals surface area (Å²) in [4.78, 5) is 0. The average molecular weight is 346 g/mol. The predicted molar refractivity (Wildman–Crippen MR) is 84.4 cm³/mol. The van der Waals surface area contributed by atoms with E-state index in [1.54, 1.807) is 14.2 Å². The molecule has 1 aromatic carbocycles. The second-order valence-corrected chi connectivity index (χ2v) is 5.74. The molecule has 2 unspecified atom stereocenters. The lowest BCUT2D eigenvalue weighted by atomic mass is 10.0. The van der Waals surface area contributed by atoms with Crippen LogP contribution in [0.3, 0.4) is 0 Å². The molecular weight excluding hydrogens is 322 g/mol. The van der Waals surface area contributed by atoms with E-state index < -0.39 is 0 Å². The number of benzene rings is 1. The van der Waals surface area contributed by atoms with Crippen molar-refractivity contribution < 1.29 is 14.6 Å². The molecule has 0 radical (unpaired) electrons. The molecule has 0 bridgehead atoms. The van der Waals surface area contributed by atoms with Crippen LogP contribution in [0.25, 0.3) is 0 Å². The van der Waals surface area contributed by atoms with E-state index in [2.05, 4.69) is 35.1 Å². The number of ether oxygens (including phenoxy) is 2. The topological polar surface area (TPSA) is 50.7 Å². The van der Waals surface area contributed by atoms with Gasteiger partial charge in [-0.1, -0.05) is 36.2 Å². The maximum atomic E-state index is 9.93. The van der Waals surface area contributed by atoms with Crippen molar-refractivity contribution >= 4 is 15.9 Å². The highest BCUT2D eigenvalue weighted by molar-refractivity contribution is 9.10. The fourth-order valence-corrected chi connectivity index (χ4v) is 2.32. The number of rotatable bonds is 8. The molecule has 114 valence electrons. The molecule has 4 nitrogen and oxygen atoms in total. The van der Waals surface area contributed by atoms with Crippen molar-refractivity contribution in [2.24, 2.45) is 5.92 Å². The maximum Gasteiger partial charge on any atom is 0.161 e. The van der Waals surface area contributed by atoms with Gasteiger partial charge in [0.25, 0.3) is 0 Å². The first-order valence-electron chi connectivity index (χ1n) is 6.82. The lowest BCUT2D eigenvalue weighted by molar-refractivity contribution is 0.113. The first kappa shape index (κ1) is 17.3. The van der Waals surface area contributed by atoms with Crippen LogP contribution in [0.2, 0.25) is 0 Å². The minimum atomic E-state index is -0.320. The zero-order valence-corrected chi connectivity index (χ0v) is 14.2. The monoisotopic (exact) mass is 345 g/mol. The number of halogens is 1. The summed E-state index contributed by atoms with van der Waals surface area (Å²) in [5.74, 6) is 1.70. The fourth-order valence-electron chi connectivity index (χ4n) is 1.86. The van der Waals surface area contributed by atoms with Gasteiger partial charge in [-0.3, -0.25) is 0 Å². The summed E-state index contributed by atoms with van der Waals surface area (Å²) >= 11 is 3.52. The Bertz CT molecular complexity index is 426.